The molecule has 0 aliphatic heterocycles. The van der Waals surface area contributed by atoms with Gasteiger partial charge in [0.1, 0.15) is 11.4 Å². The van der Waals surface area contributed by atoms with Crippen molar-refractivity contribution in [3.63, 3.8) is 0 Å². The second-order valence-electron chi connectivity index (χ2n) is 7.08. The standard InChI is InChI=1S/C25H18N2O2S/c30-19(14-17-6-2-1-3-7-17)15-18-10-11-20-21(16-18)27-25(23-9-5-13-29-23)24(26-20)22-8-4-12-28-22/h1-13,16H,14-15H2. The molecule has 146 valence electrons. The van der Waals surface area contributed by atoms with E-state index >= 15 is 0 Å². The third kappa shape index (κ3) is 3.80. The summed E-state index contributed by atoms with van der Waals surface area (Å²) in [6.45, 7) is 0. The summed E-state index contributed by atoms with van der Waals surface area (Å²) in [7, 11) is 0. The normalized spacial score (nSPS) is 11.1. The van der Waals surface area contributed by atoms with Crippen LogP contribution in [0.25, 0.3) is 33.9 Å². The van der Waals surface area contributed by atoms with Gasteiger partial charge in [0.25, 0.3) is 0 Å². The molecule has 0 aliphatic rings. The number of fused-ring (bicyclic) bond motifs is 1. The van der Waals surface area contributed by atoms with Crippen molar-refractivity contribution in [1.82, 2.24) is 9.97 Å². The van der Waals surface area contributed by atoms with Crippen molar-refractivity contribution in [2.24, 2.45) is 0 Å². The minimum atomic E-state index is 0.654. The fraction of sp³-hybridized carbons (Fsp3) is 0.0800. The van der Waals surface area contributed by atoms with Crippen molar-refractivity contribution < 1.29 is 8.83 Å². The van der Waals surface area contributed by atoms with Crippen LogP contribution >= 0.6 is 12.2 Å². The lowest BCUT2D eigenvalue weighted by Gasteiger charge is -2.09. The SMILES string of the molecule is S=C(Cc1ccccc1)Cc1ccc2nc(-c3ccco3)c(-c3ccco3)nc2c1. The van der Waals surface area contributed by atoms with Crippen LogP contribution in [-0.4, -0.2) is 14.8 Å². The number of aromatic nitrogens is 2. The van der Waals surface area contributed by atoms with Crippen LogP contribution in [0, 0.1) is 0 Å². The minimum Gasteiger partial charge on any atom is -0.463 e. The Morgan fingerprint density at radius 1 is 0.667 bits per heavy atom. The van der Waals surface area contributed by atoms with E-state index in [1.807, 2.05) is 48.5 Å². The molecule has 2 aromatic carbocycles. The molecule has 0 amide bonds. The van der Waals surface area contributed by atoms with E-state index in [-0.39, 0.29) is 0 Å². The van der Waals surface area contributed by atoms with Gasteiger partial charge in [-0.3, -0.25) is 0 Å². The molecule has 0 unspecified atom stereocenters. The largest absolute Gasteiger partial charge is 0.463 e. The van der Waals surface area contributed by atoms with E-state index in [1.54, 1.807) is 12.5 Å². The molecule has 5 rings (SSSR count). The zero-order valence-electron chi connectivity index (χ0n) is 16.1. The molecule has 0 aliphatic carbocycles. The molecule has 0 saturated carbocycles. The van der Waals surface area contributed by atoms with Crippen molar-refractivity contribution in [3.8, 4) is 22.9 Å². The lowest BCUT2D eigenvalue weighted by Crippen LogP contribution is -2.04. The number of benzene rings is 2. The van der Waals surface area contributed by atoms with Gasteiger partial charge in [0.05, 0.1) is 23.6 Å². The summed E-state index contributed by atoms with van der Waals surface area (Å²) in [4.78, 5) is 10.7. The van der Waals surface area contributed by atoms with Crippen LogP contribution in [0.4, 0.5) is 0 Å². The highest BCUT2D eigenvalue weighted by atomic mass is 32.1. The minimum absolute atomic E-state index is 0.654. The van der Waals surface area contributed by atoms with E-state index in [2.05, 4.69) is 24.3 Å². The highest BCUT2D eigenvalue weighted by Gasteiger charge is 2.17. The molecule has 3 aromatic heterocycles. The first-order valence-corrected chi connectivity index (χ1v) is 10.1. The maximum atomic E-state index is 5.64. The highest BCUT2D eigenvalue weighted by Crippen LogP contribution is 2.31. The Balaban J connectivity index is 1.50. The molecule has 30 heavy (non-hydrogen) atoms. The maximum Gasteiger partial charge on any atom is 0.154 e. The van der Waals surface area contributed by atoms with Gasteiger partial charge < -0.3 is 8.83 Å². The van der Waals surface area contributed by atoms with Gasteiger partial charge in [-0.15, -0.1) is 0 Å². The van der Waals surface area contributed by atoms with Crippen molar-refractivity contribution in [2.45, 2.75) is 12.8 Å². The molecule has 0 atom stereocenters. The predicted octanol–water partition coefficient (Wildman–Crippen LogP) is 6.30. The van der Waals surface area contributed by atoms with Crippen LogP contribution in [0.5, 0.6) is 0 Å². The van der Waals surface area contributed by atoms with E-state index in [4.69, 9.17) is 31.0 Å². The molecular formula is C25H18N2O2S. The molecule has 3 heterocycles. The van der Waals surface area contributed by atoms with Gasteiger partial charge >= 0.3 is 0 Å². The van der Waals surface area contributed by atoms with Gasteiger partial charge in [-0.05, 0) is 47.5 Å². The second-order valence-corrected chi connectivity index (χ2v) is 7.65. The molecular weight excluding hydrogens is 392 g/mol. The van der Waals surface area contributed by atoms with Crippen LogP contribution in [0.2, 0.25) is 0 Å². The first kappa shape index (κ1) is 18.5. The lowest BCUT2D eigenvalue weighted by molar-refractivity contribution is 0.572. The molecule has 0 bridgehead atoms. The van der Waals surface area contributed by atoms with E-state index < -0.39 is 0 Å². The maximum absolute atomic E-state index is 5.64. The van der Waals surface area contributed by atoms with Crippen molar-refractivity contribution >= 4 is 28.1 Å². The zero-order valence-corrected chi connectivity index (χ0v) is 16.9. The average Bonchev–Trinajstić information content (AvgIpc) is 3.48. The van der Waals surface area contributed by atoms with Gasteiger partial charge in [0, 0.05) is 17.7 Å². The lowest BCUT2D eigenvalue weighted by atomic mass is 10.0. The molecule has 0 spiro atoms. The zero-order chi connectivity index (χ0) is 20.3. The third-order valence-corrected chi connectivity index (χ3v) is 5.17. The van der Waals surface area contributed by atoms with Crippen molar-refractivity contribution in [3.05, 3.63) is 96.4 Å². The Bertz CT molecular complexity index is 1290. The first-order chi connectivity index (χ1) is 14.8. The van der Waals surface area contributed by atoms with E-state index in [9.17, 15) is 0 Å². The number of hydrogen-bond acceptors (Lipinski definition) is 5. The van der Waals surface area contributed by atoms with Crippen LogP contribution in [0.3, 0.4) is 0 Å². The molecule has 0 radical (unpaired) electrons. The summed E-state index contributed by atoms with van der Waals surface area (Å²) in [5.74, 6) is 1.31. The number of furan rings is 2. The number of hydrogen-bond donors (Lipinski definition) is 0. The van der Waals surface area contributed by atoms with E-state index in [0.717, 1.165) is 34.3 Å². The van der Waals surface area contributed by atoms with Crippen molar-refractivity contribution in [1.29, 1.82) is 0 Å². The summed E-state index contributed by atoms with van der Waals surface area (Å²) in [5, 5.41) is 0. The quantitative estimate of drug-likeness (QED) is 0.307. The Morgan fingerprint density at radius 3 is 1.93 bits per heavy atom. The van der Waals surface area contributed by atoms with E-state index in [0.29, 0.717) is 22.9 Å². The van der Waals surface area contributed by atoms with Gasteiger partial charge in [-0.25, -0.2) is 9.97 Å². The van der Waals surface area contributed by atoms with E-state index in [1.165, 1.54) is 5.56 Å². The fourth-order valence-corrected chi connectivity index (χ4v) is 3.83. The molecule has 5 heteroatoms. The number of rotatable bonds is 6. The summed E-state index contributed by atoms with van der Waals surface area (Å²) in [5.41, 5.74) is 5.27. The smallest absolute Gasteiger partial charge is 0.154 e. The van der Waals surface area contributed by atoms with Gasteiger partial charge in [0.15, 0.2) is 11.5 Å². The second kappa shape index (κ2) is 8.05. The summed E-state index contributed by atoms with van der Waals surface area (Å²) < 4.78 is 11.2. The first-order valence-electron chi connectivity index (χ1n) is 9.70. The molecule has 4 nitrogen and oxygen atoms in total. The third-order valence-electron chi connectivity index (χ3n) is 4.88. The average molecular weight is 410 g/mol. The Labute approximate surface area is 179 Å². The summed E-state index contributed by atoms with van der Waals surface area (Å²) in [6.07, 6.45) is 4.77. The van der Waals surface area contributed by atoms with Gasteiger partial charge in [-0.2, -0.15) is 0 Å². The van der Waals surface area contributed by atoms with Gasteiger partial charge in [0.2, 0.25) is 0 Å². The topological polar surface area (TPSA) is 52.1 Å². The summed E-state index contributed by atoms with van der Waals surface area (Å²) in [6, 6.07) is 23.8. The van der Waals surface area contributed by atoms with Crippen LogP contribution in [-0.2, 0) is 12.8 Å². The Morgan fingerprint density at radius 2 is 1.30 bits per heavy atom. The molecule has 0 saturated heterocycles. The van der Waals surface area contributed by atoms with Gasteiger partial charge in [-0.1, -0.05) is 48.6 Å². The van der Waals surface area contributed by atoms with Crippen LogP contribution < -0.4 is 0 Å². The number of thiocarbonyl (C=S) groups is 1. The Hall–Kier alpha value is -3.57. The molecule has 5 aromatic rings. The van der Waals surface area contributed by atoms with Crippen LogP contribution in [0.15, 0.2) is 94.2 Å². The number of nitrogens with zero attached hydrogens (tertiary/aromatic N) is 2. The molecule has 0 N–H and O–H groups in total. The van der Waals surface area contributed by atoms with Crippen molar-refractivity contribution in [2.75, 3.05) is 0 Å². The highest BCUT2D eigenvalue weighted by molar-refractivity contribution is 7.80. The molecule has 0 fully saturated rings. The Kier molecular flexibility index (Phi) is 4.95. The monoisotopic (exact) mass is 410 g/mol. The summed E-state index contributed by atoms with van der Waals surface area (Å²) >= 11 is 5.64. The van der Waals surface area contributed by atoms with Crippen LogP contribution in [0.1, 0.15) is 11.1 Å². The fourth-order valence-electron chi connectivity index (χ4n) is 3.49. The predicted molar refractivity (Wildman–Crippen MR) is 121 cm³/mol.